The lowest BCUT2D eigenvalue weighted by atomic mass is 10.2. The second-order valence-corrected chi connectivity index (χ2v) is 7.82. The van der Waals surface area contributed by atoms with E-state index in [1.165, 1.54) is 12.1 Å². The molecule has 3 heterocycles. The van der Waals surface area contributed by atoms with Crippen molar-refractivity contribution in [1.82, 2.24) is 20.2 Å². The highest BCUT2D eigenvalue weighted by Crippen LogP contribution is 2.32. The van der Waals surface area contributed by atoms with Gasteiger partial charge in [0, 0.05) is 38.1 Å². The second-order valence-electron chi connectivity index (χ2n) is 7.43. The summed E-state index contributed by atoms with van der Waals surface area (Å²) in [6.45, 7) is 3.48. The van der Waals surface area contributed by atoms with E-state index in [9.17, 15) is 10.2 Å². The molecule has 0 bridgehead atoms. The van der Waals surface area contributed by atoms with E-state index in [1.807, 2.05) is 24.3 Å². The van der Waals surface area contributed by atoms with Gasteiger partial charge in [0.2, 0.25) is 0 Å². The van der Waals surface area contributed by atoms with Crippen LogP contribution in [-0.2, 0) is 6.54 Å². The first-order chi connectivity index (χ1) is 15.1. The van der Waals surface area contributed by atoms with Gasteiger partial charge < -0.3 is 29.7 Å². The predicted molar refractivity (Wildman–Crippen MR) is 122 cm³/mol. The van der Waals surface area contributed by atoms with Crippen molar-refractivity contribution in [3.63, 3.8) is 0 Å². The first kappa shape index (κ1) is 19.4. The van der Waals surface area contributed by atoms with Crippen molar-refractivity contribution in [3.8, 4) is 11.5 Å². The van der Waals surface area contributed by atoms with Crippen molar-refractivity contribution < 1.29 is 14.6 Å². The lowest BCUT2D eigenvalue weighted by molar-refractivity contribution is 0.378. The molecule has 3 N–H and O–H groups in total. The maximum atomic E-state index is 9.63. The molecule has 5 rings (SSSR count). The first-order valence-corrected chi connectivity index (χ1v) is 10.4. The molecule has 9 heteroatoms. The van der Waals surface area contributed by atoms with Crippen LogP contribution in [-0.4, -0.2) is 56.4 Å². The minimum Gasteiger partial charge on any atom is -0.504 e. The molecule has 0 unspecified atom stereocenters. The van der Waals surface area contributed by atoms with Crippen molar-refractivity contribution in [2.45, 2.75) is 6.54 Å². The molecular formula is C22H21N5O3S. The minimum atomic E-state index is -0.138. The molecule has 0 amide bonds. The van der Waals surface area contributed by atoms with Crippen LogP contribution in [0.4, 0.5) is 5.82 Å². The summed E-state index contributed by atoms with van der Waals surface area (Å²) in [5.41, 5.74) is 3.19. The Kier molecular flexibility index (Phi) is 4.95. The van der Waals surface area contributed by atoms with E-state index in [0.717, 1.165) is 54.0 Å². The number of phenolic OH excluding ortho intramolecular Hbond substituents is 2. The zero-order chi connectivity index (χ0) is 21.4. The number of nitrogens with zero attached hydrogens (tertiary/aromatic N) is 4. The molecule has 0 spiro atoms. The summed E-state index contributed by atoms with van der Waals surface area (Å²) in [7, 11) is 0. The Bertz CT molecular complexity index is 1270. The molecule has 0 radical (unpaired) electrons. The Balaban J connectivity index is 1.25. The van der Waals surface area contributed by atoms with Gasteiger partial charge in [-0.3, -0.25) is 0 Å². The van der Waals surface area contributed by atoms with E-state index >= 15 is 0 Å². The van der Waals surface area contributed by atoms with Crippen LogP contribution < -0.4 is 10.2 Å². The van der Waals surface area contributed by atoms with Crippen LogP contribution in [0.3, 0.4) is 0 Å². The number of hydrogen-bond donors (Lipinski definition) is 3. The second kappa shape index (κ2) is 7.92. The van der Waals surface area contributed by atoms with Crippen LogP contribution >= 0.6 is 12.2 Å². The van der Waals surface area contributed by atoms with Crippen LogP contribution in [0.5, 0.6) is 11.5 Å². The SMILES string of the molecule is Oc1ccc(CNC(=S)N2CCN(c3ncnc4c3oc3ccccc34)CC2)cc1O. The van der Waals surface area contributed by atoms with Gasteiger partial charge in [-0.25, -0.2) is 9.97 Å². The third-order valence-electron chi connectivity index (χ3n) is 5.49. The standard InChI is InChI=1S/C22H21N5O3S/c28-16-6-5-14(11-17(16)29)12-23-22(31)27-9-7-26(8-10-27)21-20-19(24-13-25-21)15-3-1-2-4-18(15)30-20/h1-6,11,13,28-29H,7-10,12H2,(H,23,31). The van der Waals surface area contributed by atoms with Crippen LogP contribution in [0.1, 0.15) is 5.56 Å². The predicted octanol–water partition coefficient (Wildman–Crippen LogP) is 2.98. The number of piperazine rings is 1. The zero-order valence-corrected chi connectivity index (χ0v) is 17.5. The lowest BCUT2D eigenvalue weighted by Gasteiger charge is -2.36. The van der Waals surface area contributed by atoms with Gasteiger partial charge >= 0.3 is 0 Å². The summed E-state index contributed by atoms with van der Waals surface area (Å²) in [5, 5.41) is 23.9. The smallest absolute Gasteiger partial charge is 0.196 e. The Morgan fingerprint density at radius 1 is 1.03 bits per heavy atom. The number of fused-ring (bicyclic) bond motifs is 3. The average molecular weight is 436 g/mol. The fraction of sp³-hybridized carbons (Fsp3) is 0.227. The third kappa shape index (κ3) is 3.68. The lowest BCUT2D eigenvalue weighted by Crippen LogP contribution is -2.51. The van der Waals surface area contributed by atoms with Gasteiger partial charge in [0.25, 0.3) is 0 Å². The molecule has 2 aromatic heterocycles. The molecule has 158 valence electrons. The molecule has 1 aliphatic rings. The molecule has 1 aliphatic heterocycles. The Morgan fingerprint density at radius 3 is 2.65 bits per heavy atom. The van der Waals surface area contributed by atoms with Crippen LogP contribution in [0.15, 0.2) is 53.2 Å². The minimum absolute atomic E-state index is 0.134. The van der Waals surface area contributed by atoms with Crippen molar-refractivity contribution in [3.05, 3.63) is 54.4 Å². The molecule has 4 aromatic rings. The number of nitrogens with one attached hydrogen (secondary N) is 1. The van der Waals surface area contributed by atoms with E-state index in [-0.39, 0.29) is 11.5 Å². The van der Waals surface area contributed by atoms with Crippen LogP contribution in [0.25, 0.3) is 22.1 Å². The van der Waals surface area contributed by atoms with Gasteiger partial charge in [0.1, 0.15) is 17.4 Å². The van der Waals surface area contributed by atoms with Gasteiger partial charge in [0.05, 0.1) is 0 Å². The van der Waals surface area contributed by atoms with Crippen molar-refractivity contribution in [2.75, 3.05) is 31.1 Å². The molecule has 0 saturated carbocycles. The Hall–Kier alpha value is -3.59. The molecule has 0 atom stereocenters. The number of para-hydroxylation sites is 1. The van der Waals surface area contributed by atoms with E-state index in [2.05, 4.69) is 25.1 Å². The van der Waals surface area contributed by atoms with Crippen molar-refractivity contribution >= 4 is 45.2 Å². The van der Waals surface area contributed by atoms with E-state index in [4.69, 9.17) is 16.6 Å². The number of furan rings is 1. The van der Waals surface area contributed by atoms with Crippen molar-refractivity contribution in [2.24, 2.45) is 0 Å². The Labute approximate surface area is 183 Å². The number of benzene rings is 2. The summed E-state index contributed by atoms with van der Waals surface area (Å²) >= 11 is 5.55. The third-order valence-corrected chi connectivity index (χ3v) is 5.89. The molecule has 0 aliphatic carbocycles. The molecule has 2 aromatic carbocycles. The van der Waals surface area contributed by atoms with Gasteiger partial charge in [-0.1, -0.05) is 18.2 Å². The number of aromatic nitrogens is 2. The largest absolute Gasteiger partial charge is 0.504 e. The topological polar surface area (TPSA) is 97.9 Å². The van der Waals surface area contributed by atoms with Crippen LogP contribution in [0.2, 0.25) is 0 Å². The van der Waals surface area contributed by atoms with Crippen molar-refractivity contribution in [1.29, 1.82) is 0 Å². The number of thiocarbonyl (C=S) groups is 1. The summed E-state index contributed by atoms with van der Waals surface area (Å²) in [6, 6.07) is 12.6. The van der Waals surface area contributed by atoms with Gasteiger partial charge in [-0.15, -0.1) is 0 Å². The van der Waals surface area contributed by atoms with E-state index in [1.54, 1.807) is 12.4 Å². The molecule has 8 nitrogen and oxygen atoms in total. The highest BCUT2D eigenvalue weighted by Gasteiger charge is 2.23. The molecular weight excluding hydrogens is 414 g/mol. The van der Waals surface area contributed by atoms with Gasteiger partial charge in [-0.2, -0.15) is 0 Å². The molecule has 1 fully saturated rings. The zero-order valence-electron chi connectivity index (χ0n) is 16.7. The molecule has 1 saturated heterocycles. The van der Waals surface area contributed by atoms with Crippen LogP contribution in [0, 0.1) is 0 Å². The maximum Gasteiger partial charge on any atom is 0.196 e. The number of hydrogen-bond acceptors (Lipinski definition) is 7. The maximum absolute atomic E-state index is 9.63. The summed E-state index contributed by atoms with van der Waals surface area (Å²) < 4.78 is 6.06. The summed E-state index contributed by atoms with van der Waals surface area (Å²) in [5.74, 6) is 0.533. The van der Waals surface area contributed by atoms with E-state index < -0.39 is 0 Å². The fourth-order valence-electron chi connectivity index (χ4n) is 3.83. The quantitative estimate of drug-likeness (QED) is 0.331. The summed E-state index contributed by atoms with van der Waals surface area (Å²) in [4.78, 5) is 13.2. The molecule has 31 heavy (non-hydrogen) atoms. The number of phenols is 2. The van der Waals surface area contributed by atoms with E-state index in [0.29, 0.717) is 17.2 Å². The average Bonchev–Trinajstić information content (AvgIpc) is 3.19. The number of rotatable bonds is 3. The number of aromatic hydroxyl groups is 2. The highest BCUT2D eigenvalue weighted by atomic mass is 32.1. The van der Waals surface area contributed by atoms with Gasteiger partial charge in [-0.05, 0) is 42.0 Å². The Morgan fingerprint density at radius 2 is 1.84 bits per heavy atom. The highest BCUT2D eigenvalue weighted by molar-refractivity contribution is 7.80. The monoisotopic (exact) mass is 435 g/mol. The number of anilines is 1. The fourth-order valence-corrected chi connectivity index (χ4v) is 4.08. The normalized spacial score (nSPS) is 14.3. The van der Waals surface area contributed by atoms with Gasteiger partial charge in [0.15, 0.2) is 28.0 Å². The summed E-state index contributed by atoms with van der Waals surface area (Å²) in [6.07, 6.45) is 1.59. The first-order valence-electron chi connectivity index (χ1n) is 10.0.